The van der Waals surface area contributed by atoms with Crippen LogP contribution >= 0.6 is 22.9 Å². The highest BCUT2D eigenvalue weighted by molar-refractivity contribution is 7.07. The molecule has 3 rings (SSSR count). The van der Waals surface area contributed by atoms with Crippen molar-refractivity contribution >= 4 is 34.7 Å². The number of amidine groups is 1. The fraction of sp³-hybridized carbons (Fsp3) is 0.235. The summed E-state index contributed by atoms with van der Waals surface area (Å²) in [5, 5.41) is 5.14. The molecule has 5 nitrogen and oxygen atoms in total. The molecular weight excluding hydrogens is 365 g/mol. The van der Waals surface area contributed by atoms with Gasteiger partial charge < -0.3 is 10.1 Å². The molecule has 2 aromatic rings. The normalized spacial score (nSPS) is 17.1. The van der Waals surface area contributed by atoms with Crippen molar-refractivity contribution in [1.82, 2.24) is 10.3 Å². The van der Waals surface area contributed by atoms with Gasteiger partial charge in [0.15, 0.2) is 5.84 Å². The molecule has 0 saturated carbocycles. The van der Waals surface area contributed by atoms with Crippen molar-refractivity contribution in [3.63, 3.8) is 0 Å². The maximum absolute atomic E-state index is 13.4. The van der Waals surface area contributed by atoms with Crippen LogP contribution in [0.1, 0.15) is 31.1 Å². The number of carbonyl (C=O) groups excluding carboxylic acids is 1. The lowest BCUT2D eigenvalue weighted by Gasteiger charge is -2.26. The number of allylic oxidation sites excluding steroid dienone is 1. The molecule has 0 spiro atoms. The third kappa shape index (κ3) is 3.57. The Balaban J connectivity index is 2.11. The van der Waals surface area contributed by atoms with E-state index in [1.165, 1.54) is 29.5 Å². The van der Waals surface area contributed by atoms with E-state index in [1.54, 1.807) is 19.4 Å². The maximum Gasteiger partial charge on any atom is 0.338 e. The molecule has 0 aliphatic carbocycles. The molecule has 1 N–H and O–H groups in total. The van der Waals surface area contributed by atoms with E-state index in [4.69, 9.17) is 16.3 Å². The number of esters is 1. The summed E-state index contributed by atoms with van der Waals surface area (Å²) in [4.78, 5) is 21.3. The molecule has 1 aliphatic rings. The van der Waals surface area contributed by atoms with Gasteiger partial charge in [0.05, 0.1) is 17.7 Å². The summed E-state index contributed by atoms with van der Waals surface area (Å²) in [6.07, 6.45) is 0. The van der Waals surface area contributed by atoms with Gasteiger partial charge in [0, 0.05) is 21.7 Å². The lowest BCUT2D eigenvalue weighted by atomic mass is 9.95. The van der Waals surface area contributed by atoms with Gasteiger partial charge >= 0.3 is 5.97 Å². The highest BCUT2D eigenvalue weighted by Gasteiger charge is 2.32. The molecule has 1 aromatic heterocycles. The highest BCUT2D eigenvalue weighted by Crippen LogP contribution is 2.36. The molecule has 8 heteroatoms. The summed E-state index contributed by atoms with van der Waals surface area (Å²) in [6, 6.07) is 3.32. The van der Waals surface area contributed by atoms with Crippen molar-refractivity contribution in [2.75, 3.05) is 6.61 Å². The van der Waals surface area contributed by atoms with Gasteiger partial charge in [-0.1, -0.05) is 17.7 Å². The van der Waals surface area contributed by atoms with Crippen molar-refractivity contribution in [2.45, 2.75) is 19.9 Å². The maximum atomic E-state index is 13.4. The molecule has 1 aromatic carbocycles. The molecule has 130 valence electrons. The summed E-state index contributed by atoms with van der Waals surface area (Å²) in [6.45, 7) is 3.73. The van der Waals surface area contributed by atoms with E-state index in [0.717, 1.165) is 0 Å². The Labute approximate surface area is 153 Å². The van der Waals surface area contributed by atoms with Crippen molar-refractivity contribution in [3.05, 3.63) is 62.5 Å². The van der Waals surface area contributed by atoms with Gasteiger partial charge in [-0.2, -0.15) is 0 Å². The Hall–Kier alpha value is -2.25. The lowest BCUT2D eigenvalue weighted by Crippen LogP contribution is -2.33. The number of hydrogen-bond donors (Lipinski definition) is 1. The molecule has 25 heavy (non-hydrogen) atoms. The predicted molar refractivity (Wildman–Crippen MR) is 95.3 cm³/mol. The number of rotatable bonds is 4. The minimum atomic E-state index is -0.704. The van der Waals surface area contributed by atoms with E-state index >= 15 is 0 Å². The van der Waals surface area contributed by atoms with E-state index in [1.807, 2.05) is 5.38 Å². The fourth-order valence-electron chi connectivity index (χ4n) is 2.56. The smallest absolute Gasteiger partial charge is 0.338 e. The largest absolute Gasteiger partial charge is 0.463 e. The molecule has 0 amide bonds. The van der Waals surface area contributed by atoms with Crippen LogP contribution in [-0.2, 0) is 9.53 Å². The van der Waals surface area contributed by atoms with Crippen LogP contribution in [0.15, 0.2) is 45.4 Å². The number of thiazole rings is 1. The molecule has 0 saturated heterocycles. The van der Waals surface area contributed by atoms with Crippen LogP contribution in [-0.4, -0.2) is 23.4 Å². The van der Waals surface area contributed by atoms with Gasteiger partial charge in [-0.15, -0.1) is 11.3 Å². The quantitative estimate of drug-likeness (QED) is 0.819. The van der Waals surface area contributed by atoms with Crippen LogP contribution in [0.4, 0.5) is 4.39 Å². The SMILES string of the molecule is CCOC(=O)C1=C(C)NC(c2cscn2)=N[C@H]1c1ccc(F)cc1Cl. The number of carbonyl (C=O) groups is 1. The standard InChI is InChI=1S/C17H15ClFN3O2S/c1-3-24-17(23)14-9(2)21-16(13-7-25-8-20-13)22-15(14)11-5-4-10(19)6-12(11)18/h4-8,15H,3H2,1-2H3,(H,21,22)/t15-/m0/s1. The number of ether oxygens (including phenoxy) is 1. The van der Waals surface area contributed by atoms with E-state index in [9.17, 15) is 9.18 Å². The minimum absolute atomic E-state index is 0.197. The number of nitrogens with zero attached hydrogens (tertiary/aromatic N) is 2. The van der Waals surface area contributed by atoms with Crippen molar-refractivity contribution in [1.29, 1.82) is 0 Å². The number of halogens is 2. The van der Waals surface area contributed by atoms with E-state index < -0.39 is 17.8 Å². The van der Waals surface area contributed by atoms with Gasteiger partial charge in [0.1, 0.15) is 17.6 Å². The van der Waals surface area contributed by atoms with Crippen LogP contribution in [0.3, 0.4) is 0 Å². The van der Waals surface area contributed by atoms with Crippen LogP contribution in [0.2, 0.25) is 5.02 Å². The van der Waals surface area contributed by atoms with Crippen molar-refractivity contribution in [3.8, 4) is 0 Å². The Bertz CT molecular complexity index is 865. The topological polar surface area (TPSA) is 63.6 Å². The predicted octanol–water partition coefficient (Wildman–Crippen LogP) is 3.86. The zero-order valence-corrected chi connectivity index (χ0v) is 15.1. The molecule has 1 atom stereocenters. The summed E-state index contributed by atoms with van der Waals surface area (Å²) >= 11 is 7.65. The van der Waals surface area contributed by atoms with Gasteiger partial charge in [0.25, 0.3) is 0 Å². The Kier molecular flexibility index (Phi) is 5.15. The number of aliphatic imine (C=N–C) groups is 1. The second-order valence-corrected chi connectivity index (χ2v) is 6.43. The average Bonchev–Trinajstić information content (AvgIpc) is 3.08. The molecule has 0 bridgehead atoms. The minimum Gasteiger partial charge on any atom is -0.463 e. The van der Waals surface area contributed by atoms with Gasteiger partial charge in [-0.05, 0) is 26.0 Å². The molecular formula is C17H15ClFN3O2S. The summed E-state index contributed by atoms with van der Waals surface area (Å²) in [5.74, 6) is -0.416. The van der Waals surface area contributed by atoms with Gasteiger partial charge in [-0.25, -0.2) is 14.2 Å². The summed E-state index contributed by atoms with van der Waals surface area (Å²) < 4.78 is 18.6. The lowest BCUT2D eigenvalue weighted by molar-refractivity contribution is -0.138. The number of nitrogens with one attached hydrogen (secondary N) is 1. The fourth-order valence-corrected chi connectivity index (χ4v) is 3.36. The zero-order valence-electron chi connectivity index (χ0n) is 13.5. The van der Waals surface area contributed by atoms with Crippen LogP contribution < -0.4 is 5.32 Å². The third-order valence-electron chi connectivity index (χ3n) is 3.67. The first-order valence-corrected chi connectivity index (χ1v) is 8.89. The van der Waals surface area contributed by atoms with Gasteiger partial charge in [0.2, 0.25) is 0 Å². The van der Waals surface area contributed by atoms with E-state index in [2.05, 4.69) is 15.3 Å². The Morgan fingerprint density at radius 3 is 2.92 bits per heavy atom. The second-order valence-electron chi connectivity index (χ2n) is 5.30. The summed E-state index contributed by atoms with van der Waals surface area (Å²) in [5.41, 5.74) is 3.82. The Morgan fingerprint density at radius 2 is 2.28 bits per heavy atom. The molecule has 1 aliphatic heterocycles. The van der Waals surface area contributed by atoms with Crippen LogP contribution in [0.25, 0.3) is 0 Å². The average molecular weight is 380 g/mol. The van der Waals surface area contributed by atoms with Crippen LogP contribution in [0, 0.1) is 5.82 Å². The number of aromatic nitrogens is 1. The van der Waals surface area contributed by atoms with Crippen molar-refractivity contribution in [2.24, 2.45) is 4.99 Å². The van der Waals surface area contributed by atoms with E-state index in [-0.39, 0.29) is 11.6 Å². The monoisotopic (exact) mass is 379 g/mol. The highest BCUT2D eigenvalue weighted by atomic mass is 35.5. The first kappa shape index (κ1) is 17.6. The molecule has 0 fully saturated rings. The number of hydrogen-bond acceptors (Lipinski definition) is 6. The first-order valence-electron chi connectivity index (χ1n) is 7.57. The van der Waals surface area contributed by atoms with E-state index in [0.29, 0.717) is 28.4 Å². The molecule has 2 heterocycles. The third-order valence-corrected chi connectivity index (χ3v) is 4.58. The van der Waals surface area contributed by atoms with Gasteiger partial charge in [-0.3, -0.25) is 4.99 Å². The summed E-state index contributed by atoms with van der Waals surface area (Å²) in [7, 11) is 0. The zero-order chi connectivity index (χ0) is 18.0. The number of benzene rings is 1. The molecule has 0 radical (unpaired) electrons. The van der Waals surface area contributed by atoms with Crippen LogP contribution in [0.5, 0.6) is 0 Å². The first-order chi connectivity index (χ1) is 12.0. The van der Waals surface area contributed by atoms with Crippen molar-refractivity contribution < 1.29 is 13.9 Å². The molecule has 0 unspecified atom stereocenters. The second kappa shape index (κ2) is 7.33. The Morgan fingerprint density at radius 1 is 1.48 bits per heavy atom.